The van der Waals surface area contributed by atoms with Gasteiger partial charge in [-0.3, -0.25) is 9.59 Å². The lowest BCUT2D eigenvalue weighted by Crippen LogP contribution is -2.24. The largest absolute Gasteiger partial charge is 0.465 e. The standard InChI is InChI=1S/C14H18ClN5O4/c1-8(21)23-5-10(6-24-9(2)22)4-20-7-17-11-12(16-3)18-14(15)19-13(11)20/h7,10H,4-6H2,1-3H3,(H,16,18,19). The van der Waals surface area contributed by atoms with Crippen LogP contribution in [-0.4, -0.2) is 51.7 Å². The highest BCUT2D eigenvalue weighted by molar-refractivity contribution is 6.28. The quantitative estimate of drug-likeness (QED) is 0.584. The van der Waals surface area contributed by atoms with E-state index in [0.717, 1.165) is 0 Å². The Morgan fingerprint density at radius 2 is 1.88 bits per heavy atom. The molecule has 2 aromatic heterocycles. The first-order valence-corrected chi connectivity index (χ1v) is 7.61. The molecule has 0 bridgehead atoms. The van der Waals surface area contributed by atoms with E-state index >= 15 is 0 Å². The van der Waals surface area contributed by atoms with Crippen LogP contribution in [0.1, 0.15) is 13.8 Å². The van der Waals surface area contributed by atoms with Gasteiger partial charge in [0.1, 0.15) is 0 Å². The molecule has 1 N–H and O–H groups in total. The van der Waals surface area contributed by atoms with Gasteiger partial charge < -0.3 is 19.4 Å². The zero-order valence-corrected chi connectivity index (χ0v) is 14.3. The highest BCUT2D eigenvalue weighted by atomic mass is 35.5. The monoisotopic (exact) mass is 355 g/mol. The number of carbonyl (C=O) groups excluding carboxylic acids is 2. The van der Waals surface area contributed by atoms with E-state index in [1.807, 2.05) is 0 Å². The number of rotatable bonds is 7. The molecule has 0 amide bonds. The number of carbonyl (C=O) groups is 2. The predicted molar refractivity (Wildman–Crippen MR) is 86.6 cm³/mol. The summed E-state index contributed by atoms with van der Waals surface area (Å²) in [6.45, 7) is 3.25. The smallest absolute Gasteiger partial charge is 0.302 e. The van der Waals surface area contributed by atoms with E-state index < -0.39 is 11.9 Å². The Hall–Kier alpha value is -2.42. The fourth-order valence-electron chi connectivity index (χ4n) is 2.13. The van der Waals surface area contributed by atoms with Crippen LogP contribution >= 0.6 is 11.6 Å². The average molecular weight is 356 g/mol. The summed E-state index contributed by atoms with van der Waals surface area (Å²) < 4.78 is 11.8. The first kappa shape index (κ1) is 17.9. The van der Waals surface area contributed by atoms with Gasteiger partial charge in [0.25, 0.3) is 0 Å². The molecular formula is C14H18ClN5O4. The Bertz CT molecular complexity index is 730. The SMILES string of the molecule is CNc1nc(Cl)nc2c1ncn2CC(COC(C)=O)COC(C)=O. The zero-order chi connectivity index (χ0) is 17.7. The van der Waals surface area contributed by atoms with Crippen LogP contribution in [0.4, 0.5) is 5.82 Å². The van der Waals surface area contributed by atoms with E-state index in [0.29, 0.717) is 23.5 Å². The summed E-state index contributed by atoms with van der Waals surface area (Å²) in [5.41, 5.74) is 1.11. The maximum atomic E-state index is 11.0. The molecule has 0 fully saturated rings. The molecule has 0 saturated heterocycles. The Labute approximate surface area is 143 Å². The van der Waals surface area contributed by atoms with E-state index in [1.165, 1.54) is 13.8 Å². The number of nitrogens with one attached hydrogen (secondary N) is 1. The topological polar surface area (TPSA) is 108 Å². The molecule has 2 rings (SSSR count). The van der Waals surface area contributed by atoms with Crippen molar-refractivity contribution in [3.05, 3.63) is 11.6 Å². The molecule has 0 aliphatic heterocycles. The number of fused-ring (bicyclic) bond motifs is 1. The van der Waals surface area contributed by atoms with E-state index in [1.54, 1.807) is 17.9 Å². The number of anilines is 1. The Balaban J connectivity index is 2.24. The van der Waals surface area contributed by atoms with Crippen molar-refractivity contribution in [1.29, 1.82) is 0 Å². The molecule has 0 aliphatic carbocycles. The third kappa shape index (κ3) is 4.54. The highest BCUT2D eigenvalue weighted by Crippen LogP contribution is 2.21. The second kappa shape index (κ2) is 7.91. The fourth-order valence-corrected chi connectivity index (χ4v) is 2.29. The normalized spacial score (nSPS) is 10.9. The molecule has 0 aromatic carbocycles. The summed E-state index contributed by atoms with van der Waals surface area (Å²) in [6.07, 6.45) is 1.59. The molecule has 0 spiro atoms. The van der Waals surface area contributed by atoms with Crippen molar-refractivity contribution in [3.8, 4) is 0 Å². The van der Waals surface area contributed by atoms with Crippen molar-refractivity contribution in [2.45, 2.75) is 20.4 Å². The van der Waals surface area contributed by atoms with Gasteiger partial charge in [-0.05, 0) is 11.6 Å². The molecule has 2 heterocycles. The minimum atomic E-state index is -0.402. The van der Waals surface area contributed by atoms with Crippen LogP contribution in [0.2, 0.25) is 5.28 Å². The van der Waals surface area contributed by atoms with Gasteiger partial charge in [0, 0.05) is 33.4 Å². The minimum absolute atomic E-state index is 0.0881. The second-order valence-corrected chi connectivity index (χ2v) is 5.47. The number of hydrogen-bond donors (Lipinski definition) is 1. The van der Waals surface area contributed by atoms with Crippen molar-refractivity contribution >= 4 is 40.5 Å². The summed E-state index contributed by atoms with van der Waals surface area (Å²) in [5.74, 6) is -0.537. The van der Waals surface area contributed by atoms with Gasteiger partial charge in [-0.1, -0.05) is 0 Å². The molecule has 0 radical (unpaired) electrons. The number of ether oxygens (including phenoxy) is 2. The number of halogens is 1. The third-order valence-electron chi connectivity index (χ3n) is 3.17. The van der Waals surface area contributed by atoms with Crippen LogP contribution in [0.15, 0.2) is 6.33 Å². The number of aromatic nitrogens is 4. The molecule has 0 aliphatic rings. The van der Waals surface area contributed by atoms with E-state index in [2.05, 4.69) is 20.3 Å². The summed E-state index contributed by atoms with van der Waals surface area (Å²) in [4.78, 5) is 34.6. The maximum absolute atomic E-state index is 11.0. The van der Waals surface area contributed by atoms with Gasteiger partial charge in [-0.15, -0.1) is 0 Å². The number of esters is 2. The van der Waals surface area contributed by atoms with Gasteiger partial charge in [0.15, 0.2) is 17.0 Å². The molecule has 9 nitrogen and oxygen atoms in total. The van der Waals surface area contributed by atoms with E-state index in [-0.39, 0.29) is 24.4 Å². The van der Waals surface area contributed by atoms with Crippen LogP contribution < -0.4 is 5.32 Å². The third-order valence-corrected chi connectivity index (χ3v) is 3.34. The van der Waals surface area contributed by atoms with Gasteiger partial charge in [-0.25, -0.2) is 4.98 Å². The molecule has 24 heavy (non-hydrogen) atoms. The number of hydrogen-bond acceptors (Lipinski definition) is 8. The van der Waals surface area contributed by atoms with Crippen molar-refractivity contribution in [2.24, 2.45) is 5.92 Å². The van der Waals surface area contributed by atoms with Crippen LogP contribution in [0, 0.1) is 5.92 Å². The number of nitrogens with zero attached hydrogens (tertiary/aromatic N) is 4. The second-order valence-electron chi connectivity index (χ2n) is 5.13. The molecule has 10 heteroatoms. The van der Waals surface area contributed by atoms with Crippen LogP contribution in [0.5, 0.6) is 0 Å². The lowest BCUT2D eigenvalue weighted by atomic mass is 10.2. The van der Waals surface area contributed by atoms with Crippen molar-refractivity contribution in [3.63, 3.8) is 0 Å². The highest BCUT2D eigenvalue weighted by Gasteiger charge is 2.18. The average Bonchev–Trinajstić information content (AvgIpc) is 2.91. The lowest BCUT2D eigenvalue weighted by molar-refractivity contribution is -0.146. The number of imidazole rings is 1. The Kier molecular flexibility index (Phi) is 5.91. The van der Waals surface area contributed by atoms with Crippen LogP contribution in [0.25, 0.3) is 11.2 Å². The van der Waals surface area contributed by atoms with Gasteiger partial charge in [0.05, 0.1) is 19.5 Å². The Morgan fingerprint density at radius 3 is 2.42 bits per heavy atom. The van der Waals surface area contributed by atoms with Gasteiger partial charge in [0.2, 0.25) is 5.28 Å². The van der Waals surface area contributed by atoms with E-state index in [9.17, 15) is 9.59 Å². The predicted octanol–water partition coefficient (Wildman–Crippen LogP) is 1.26. The minimum Gasteiger partial charge on any atom is -0.465 e. The molecule has 130 valence electrons. The van der Waals surface area contributed by atoms with Crippen LogP contribution in [0.3, 0.4) is 0 Å². The summed E-state index contributed by atoms with van der Waals surface area (Å²) >= 11 is 5.93. The fraction of sp³-hybridized carbons (Fsp3) is 0.500. The van der Waals surface area contributed by atoms with Gasteiger partial charge >= 0.3 is 11.9 Å². The molecule has 0 unspecified atom stereocenters. The van der Waals surface area contributed by atoms with E-state index in [4.69, 9.17) is 21.1 Å². The molecule has 0 saturated carbocycles. The maximum Gasteiger partial charge on any atom is 0.302 e. The van der Waals surface area contributed by atoms with Crippen molar-refractivity contribution in [1.82, 2.24) is 19.5 Å². The lowest BCUT2D eigenvalue weighted by Gasteiger charge is -2.17. The summed E-state index contributed by atoms with van der Waals surface area (Å²) in [6, 6.07) is 0. The summed E-state index contributed by atoms with van der Waals surface area (Å²) in [7, 11) is 1.71. The first-order chi connectivity index (χ1) is 11.4. The van der Waals surface area contributed by atoms with Gasteiger partial charge in [-0.2, -0.15) is 9.97 Å². The molecular weight excluding hydrogens is 338 g/mol. The van der Waals surface area contributed by atoms with Crippen LogP contribution in [-0.2, 0) is 25.6 Å². The van der Waals surface area contributed by atoms with Crippen molar-refractivity contribution in [2.75, 3.05) is 25.6 Å². The molecule has 2 aromatic rings. The summed E-state index contributed by atoms with van der Waals surface area (Å²) in [5, 5.41) is 3.00. The first-order valence-electron chi connectivity index (χ1n) is 7.23. The zero-order valence-electron chi connectivity index (χ0n) is 13.6. The molecule has 0 atom stereocenters. The Morgan fingerprint density at radius 1 is 1.25 bits per heavy atom. The van der Waals surface area contributed by atoms with Crippen molar-refractivity contribution < 1.29 is 19.1 Å².